The largest absolute Gasteiger partial charge is 0.497 e. The second-order valence-electron chi connectivity index (χ2n) is 6.36. The second kappa shape index (κ2) is 8.11. The molecule has 4 rings (SSSR count). The number of rotatable bonds is 5. The van der Waals surface area contributed by atoms with Crippen molar-refractivity contribution < 1.29 is 22.4 Å². The van der Waals surface area contributed by atoms with Crippen LogP contribution in [0.3, 0.4) is 0 Å². The van der Waals surface area contributed by atoms with E-state index in [4.69, 9.17) is 25.6 Å². The van der Waals surface area contributed by atoms with Crippen LogP contribution in [0.15, 0.2) is 57.9 Å². The molecule has 0 radical (unpaired) electrons. The maximum absolute atomic E-state index is 12.9. The Bertz CT molecular complexity index is 1100. The fraction of sp³-hybridized carbons (Fsp3) is 0.263. The zero-order valence-electron chi connectivity index (χ0n) is 15.5. The predicted octanol–water partition coefficient (Wildman–Crippen LogP) is 3.16. The molecule has 8 nitrogen and oxygen atoms in total. The molecule has 0 aliphatic carbocycles. The van der Waals surface area contributed by atoms with E-state index in [9.17, 15) is 8.42 Å². The lowest BCUT2D eigenvalue weighted by molar-refractivity contribution is -0.0199. The van der Waals surface area contributed by atoms with E-state index in [1.807, 2.05) is 12.1 Å². The molecule has 1 aromatic heterocycles. The maximum atomic E-state index is 12.9. The number of sulfonamides is 1. The lowest BCUT2D eigenvalue weighted by atomic mass is 10.2. The van der Waals surface area contributed by atoms with E-state index in [2.05, 4.69) is 10.1 Å². The van der Waals surface area contributed by atoms with E-state index in [1.165, 1.54) is 16.4 Å². The average Bonchev–Trinajstić information content (AvgIpc) is 3.24. The predicted molar refractivity (Wildman–Crippen MR) is 105 cm³/mol. The van der Waals surface area contributed by atoms with Gasteiger partial charge in [0.15, 0.2) is 6.10 Å². The van der Waals surface area contributed by atoms with Crippen LogP contribution in [-0.2, 0) is 14.8 Å². The van der Waals surface area contributed by atoms with E-state index >= 15 is 0 Å². The fourth-order valence-electron chi connectivity index (χ4n) is 2.99. The summed E-state index contributed by atoms with van der Waals surface area (Å²) in [5, 5.41) is 4.34. The number of hydrogen-bond acceptors (Lipinski definition) is 7. The zero-order chi connectivity index (χ0) is 20.4. The van der Waals surface area contributed by atoms with E-state index in [0.29, 0.717) is 10.8 Å². The van der Waals surface area contributed by atoms with Crippen molar-refractivity contribution in [3.8, 4) is 17.1 Å². The molecular weight excluding hydrogens is 418 g/mol. The summed E-state index contributed by atoms with van der Waals surface area (Å²) in [4.78, 5) is 4.51. The molecule has 1 atom stereocenters. The summed E-state index contributed by atoms with van der Waals surface area (Å²) in [5.41, 5.74) is 0.750. The van der Waals surface area contributed by atoms with Crippen LogP contribution < -0.4 is 4.74 Å². The van der Waals surface area contributed by atoms with Crippen molar-refractivity contribution in [2.24, 2.45) is 0 Å². The Morgan fingerprint density at radius 1 is 1.21 bits per heavy atom. The van der Waals surface area contributed by atoms with Gasteiger partial charge in [0.25, 0.3) is 5.89 Å². The van der Waals surface area contributed by atoms with Gasteiger partial charge in [0.1, 0.15) is 5.75 Å². The minimum atomic E-state index is -3.71. The zero-order valence-corrected chi connectivity index (χ0v) is 17.1. The van der Waals surface area contributed by atoms with Crippen LogP contribution in [0.2, 0.25) is 5.02 Å². The van der Waals surface area contributed by atoms with Gasteiger partial charge in [0, 0.05) is 23.7 Å². The molecule has 2 aromatic carbocycles. The molecule has 0 spiro atoms. The van der Waals surface area contributed by atoms with Gasteiger partial charge in [0.2, 0.25) is 15.8 Å². The summed E-state index contributed by atoms with van der Waals surface area (Å²) in [6, 6.07) is 13.4. The highest BCUT2D eigenvalue weighted by atomic mass is 35.5. The van der Waals surface area contributed by atoms with Crippen molar-refractivity contribution in [3.05, 3.63) is 59.4 Å². The maximum Gasteiger partial charge on any atom is 0.257 e. The number of hydrogen-bond donors (Lipinski definition) is 0. The summed E-state index contributed by atoms with van der Waals surface area (Å²) < 4.78 is 43.4. The molecule has 1 aliphatic heterocycles. The Balaban J connectivity index is 1.53. The lowest BCUT2D eigenvalue weighted by Crippen LogP contribution is -2.42. The molecule has 152 valence electrons. The van der Waals surface area contributed by atoms with Gasteiger partial charge in [0.05, 0.1) is 18.6 Å². The Hall–Kier alpha value is -2.46. The third-order valence-electron chi connectivity index (χ3n) is 4.53. The molecule has 29 heavy (non-hydrogen) atoms. The van der Waals surface area contributed by atoms with Crippen molar-refractivity contribution in [1.29, 1.82) is 0 Å². The molecule has 1 saturated heterocycles. The molecule has 1 fully saturated rings. The van der Waals surface area contributed by atoms with Crippen LogP contribution in [-0.4, -0.2) is 49.7 Å². The van der Waals surface area contributed by atoms with Crippen LogP contribution in [0.25, 0.3) is 11.4 Å². The average molecular weight is 436 g/mol. The van der Waals surface area contributed by atoms with Crippen molar-refractivity contribution in [2.75, 3.05) is 26.8 Å². The van der Waals surface area contributed by atoms with Crippen LogP contribution in [0.4, 0.5) is 0 Å². The van der Waals surface area contributed by atoms with Gasteiger partial charge in [-0.2, -0.15) is 9.29 Å². The van der Waals surface area contributed by atoms with Gasteiger partial charge in [-0.3, -0.25) is 0 Å². The minimum absolute atomic E-state index is 0.0685. The Morgan fingerprint density at radius 2 is 2.00 bits per heavy atom. The highest BCUT2D eigenvalue weighted by Gasteiger charge is 2.34. The van der Waals surface area contributed by atoms with Crippen molar-refractivity contribution in [2.45, 2.75) is 11.0 Å². The van der Waals surface area contributed by atoms with Crippen molar-refractivity contribution in [1.82, 2.24) is 14.4 Å². The van der Waals surface area contributed by atoms with Crippen LogP contribution in [0.5, 0.6) is 5.75 Å². The number of aromatic nitrogens is 2. The third kappa shape index (κ3) is 4.13. The molecule has 0 unspecified atom stereocenters. The van der Waals surface area contributed by atoms with E-state index < -0.39 is 16.1 Å². The first-order valence-electron chi connectivity index (χ1n) is 8.83. The second-order valence-corrected chi connectivity index (χ2v) is 8.74. The molecule has 0 amide bonds. The molecule has 1 aliphatic rings. The summed E-state index contributed by atoms with van der Waals surface area (Å²) in [5.74, 6) is 1.33. The summed E-state index contributed by atoms with van der Waals surface area (Å²) >= 11 is 5.95. The fourth-order valence-corrected chi connectivity index (χ4v) is 4.72. The number of benzene rings is 2. The first-order chi connectivity index (χ1) is 14.0. The standard InChI is InChI=1S/C19H18ClN3O5S/c1-26-15-7-5-13(6-8-15)18-21-19(28-22-18)17-12-23(9-10-27-17)29(24,25)16-4-2-3-14(20)11-16/h2-8,11,17H,9-10,12H2,1H3/t17-/m1/s1. The smallest absolute Gasteiger partial charge is 0.257 e. The highest BCUT2D eigenvalue weighted by molar-refractivity contribution is 7.89. The first-order valence-corrected chi connectivity index (χ1v) is 10.6. The topological polar surface area (TPSA) is 94.8 Å². The van der Waals surface area contributed by atoms with E-state index in [1.54, 1.807) is 31.4 Å². The molecule has 0 saturated carbocycles. The molecule has 0 N–H and O–H groups in total. The quantitative estimate of drug-likeness (QED) is 0.607. The SMILES string of the molecule is COc1ccc(-c2noc([C@H]3CN(S(=O)(=O)c4cccc(Cl)c4)CCO3)n2)cc1. The summed E-state index contributed by atoms with van der Waals surface area (Å²) in [6.07, 6.45) is -0.655. The van der Waals surface area contributed by atoms with Crippen LogP contribution >= 0.6 is 11.6 Å². The molecule has 3 aromatic rings. The van der Waals surface area contributed by atoms with E-state index in [0.717, 1.165) is 11.3 Å². The van der Waals surface area contributed by atoms with Crippen molar-refractivity contribution >= 4 is 21.6 Å². The minimum Gasteiger partial charge on any atom is -0.497 e. The molecule has 2 heterocycles. The van der Waals surface area contributed by atoms with Gasteiger partial charge < -0.3 is 14.0 Å². The Kier molecular flexibility index (Phi) is 5.55. The summed E-state index contributed by atoms with van der Waals surface area (Å²) in [6.45, 7) is 0.509. The number of nitrogens with zero attached hydrogens (tertiary/aromatic N) is 3. The molecule has 10 heteroatoms. The summed E-state index contributed by atoms with van der Waals surface area (Å²) in [7, 11) is -2.13. The lowest BCUT2D eigenvalue weighted by Gasteiger charge is -2.30. The number of halogens is 1. The number of morpholine rings is 1. The third-order valence-corrected chi connectivity index (χ3v) is 6.62. The van der Waals surface area contributed by atoms with E-state index in [-0.39, 0.29) is 30.5 Å². The normalized spacial score (nSPS) is 17.9. The van der Waals surface area contributed by atoms with Gasteiger partial charge in [-0.25, -0.2) is 8.42 Å². The molecular formula is C19H18ClN3O5S. The number of methoxy groups -OCH3 is 1. The Labute approximate surface area is 173 Å². The monoisotopic (exact) mass is 435 g/mol. The Morgan fingerprint density at radius 3 is 2.72 bits per heavy atom. The molecule has 0 bridgehead atoms. The number of ether oxygens (including phenoxy) is 2. The van der Waals surface area contributed by atoms with Crippen molar-refractivity contribution in [3.63, 3.8) is 0 Å². The van der Waals surface area contributed by atoms with Gasteiger partial charge in [-0.1, -0.05) is 22.8 Å². The van der Waals surface area contributed by atoms with Gasteiger partial charge in [-0.05, 0) is 42.5 Å². The van der Waals surface area contributed by atoms with Gasteiger partial charge >= 0.3 is 0 Å². The van der Waals surface area contributed by atoms with Crippen LogP contribution in [0, 0.1) is 0 Å². The highest BCUT2D eigenvalue weighted by Crippen LogP contribution is 2.28. The van der Waals surface area contributed by atoms with Crippen LogP contribution in [0.1, 0.15) is 12.0 Å². The first kappa shape index (κ1) is 19.8. The van der Waals surface area contributed by atoms with Gasteiger partial charge in [-0.15, -0.1) is 0 Å².